The lowest BCUT2D eigenvalue weighted by Crippen LogP contribution is -2.45. The quantitative estimate of drug-likeness (QED) is 0.506. The summed E-state index contributed by atoms with van der Waals surface area (Å²) in [5.41, 5.74) is -0.699. The van der Waals surface area contributed by atoms with Gasteiger partial charge in [0.1, 0.15) is 5.54 Å². The number of hydrogen-bond donors (Lipinski definition) is 4. The summed E-state index contributed by atoms with van der Waals surface area (Å²) in [5.74, 6) is -0.557. The molecule has 1 aliphatic heterocycles. The van der Waals surface area contributed by atoms with Crippen molar-refractivity contribution in [1.82, 2.24) is 16.0 Å². The fraction of sp³-hybridized carbons (Fsp3) is 0.769. The molecule has 2 aliphatic rings. The molecule has 2 unspecified atom stereocenters. The fourth-order valence-electron chi connectivity index (χ4n) is 2.46. The SMILES string of the molecule is O=C(O)C12CC1C=CCCCCNCNCCN2. The predicted octanol–water partition coefficient (Wildman–Crippen LogP) is 0.296. The van der Waals surface area contributed by atoms with E-state index in [1.807, 2.05) is 0 Å². The number of carbonyl (C=O) groups is 1. The van der Waals surface area contributed by atoms with Crippen molar-refractivity contribution in [2.45, 2.75) is 31.2 Å². The van der Waals surface area contributed by atoms with Gasteiger partial charge >= 0.3 is 5.97 Å². The number of nitrogens with one attached hydrogen (secondary N) is 3. The standard InChI is InChI=1S/C13H23N3O2/c17-12(18)13-9-11(13)5-3-1-2-4-6-14-10-15-7-8-16-13/h3,5,11,14-16H,1-2,4,6-10H2,(H,17,18). The van der Waals surface area contributed by atoms with Gasteiger partial charge in [-0.15, -0.1) is 0 Å². The van der Waals surface area contributed by atoms with Gasteiger partial charge in [-0.25, -0.2) is 0 Å². The van der Waals surface area contributed by atoms with Gasteiger partial charge in [0.05, 0.1) is 0 Å². The first-order valence-electron chi connectivity index (χ1n) is 6.82. The summed E-state index contributed by atoms with van der Waals surface area (Å²) in [5, 5.41) is 19.1. The van der Waals surface area contributed by atoms with E-state index in [1.54, 1.807) is 0 Å². The lowest BCUT2D eigenvalue weighted by Gasteiger charge is -2.15. The molecular formula is C13H23N3O2. The van der Waals surface area contributed by atoms with E-state index in [9.17, 15) is 9.90 Å². The van der Waals surface area contributed by atoms with Gasteiger partial charge in [0, 0.05) is 25.7 Å². The Morgan fingerprint density at radius 2 is 2.06 bits per heavy atom. The topological polar surface area (TPSA) is 73.4 Å². The Bertz CT molecular complexity index is 319. The summed E-state index contributed by atoms with van der Waals surface area (Å²) in [6.07, 6.45) is 8.30. The van der Waals surface area contributed by atoms with Gasteiger partial charge in [-0.2, -0.15) is 0 Å². The molecule has 0 bridgehead atoms. The van der Waals surface area contributed by atoms with Crippen LogP contribution in [0.5, 0.6) is 0 Å². The van der Waals surface area contributed by atoms with Gasteiger partial charge in [0.25, 0.3) is 0 Å². The summed E-state index contributed by atoms with van der Waals surface area (Å²) in [4.78, 5) is 11.3. The average molecular weight is 253 g/mol. The van der Waals surface area contributed by atoms with Crippen molar-refractivity contribution in [3.05, 3.63) is 12.2 Å². The molecule has 4 N–H and O–H groups in total. The Balaban J connectivity index is 1.89. The number of rotatable bonds is 1. The Morgan fingerprint density at radius 1 is 1.22 bits per heavy atom. The number of carboxylic acids is 1. The highest BCUT2D eigenvalue weighted by atomic mass is 16.4. The average Bonchev–Trinajstić information content (AvgIpc) is 3.05. The van der Waals surface area contributed by atoms with Crippen LogP contribution in [0.15, 0.2) is 12.2 Å². The molecule has 1 aliphatic carbocycles. The van der Waals surface area contributed by atoms with Gasteiger partial charge in [0.2, 0.25) is 0 Å². The Hall–Kier alpha value is -0.910. The molecule has 0 aromatic heterocycles. The van der Waals surface area contributed by atoms with Gasteiger partial charge in [0.15, 0.2) is 0 Å². The van der Waals surface area contributed by atoms with E-state index in [4.69, 9.17) is 0 Å². The minimum Gasteiger partial charge on any atom is -0.480 e. The second-order valence-corrected chi connectivity index (χ2v) is 5.11. The number of aliphatic carboxylic acids is 1. The van der Waals surface area contributed by atoms with Crippen LogP contribution in [0.3, 0.4) is 0 Å². The minimum atomic E-state index is -0.720. The third-order valence-electron chi connectivity index (χ3n) is 3.73. The van der Waals surface area contributed by atoms with Crippen molar-refractivity contribution in [3.63, 3.8) is 0 Å². The van der Waals surface area contributed by atoms with Crippen molar-refractivity contribution in [2.24, 2.45) is 5.92 Å². The number of carboxylic acid groups (broad SMARTS) is 1. The van der Waals surface area contributed by atoms with E-state index in [0.29, 0.717) is 6.54 Å². The maximum atomic E-state index is 11.3. The molecule has 18 heavy (non-hydrogen) atoms. The van der Waals surface area contributed by atoms with Gasteiger partial charge < -0.3 is 21.1 Å². The largest absolute Gasteiger partial charge is 0.480 e. The third kappa shape index (κ3) is 3.31. The molecule has 102 valence electrons. The fourth-order valence-corrected chi connectivity index (χ4v) is 2.46. The summed E-state index contributed by atoms with van der Waals surface area (Å²) in [6.45, 7) is 3.31. The molecule has 5 nitrogen and oxygen atoms in total. The van der Waals surface area contributed by atoms with Crippen molar-refractivity contribution >= 4 is 5.97 Å². The number of allylic oxidation sites excluding steroid dienone is 1. The van der Waals surface area contributed by atoms with Crippen molar-refractivity contribution in [3.8, 4) is 0 Å². The Kier molecular flexibility index (Phi) is 4.74. The van der Waals surface area contributed by atoms with E-state index in [0.717, 1.165) is 39.0 Å². The summed E-state index contributed by atoms with van der Waals surface area (Å²) < 4.78 is 0. The van der Waals surface area contributed by atoms with Crippen molar-refractivity contribution in [2.75, 3.05) is 26.3 Å². The molecule has 0 saturated heterocycles. The molecule has 0 aromatic rings. The third-order valence-corrected chi connectivity index (χ3v) is 3.73. The minimum absolute atomic E-state index is 0.163. The maximum Gasteiger partial charge on any atom is 0.324 e. The van der Waals surface area contributed by atoms with E-state index in [1.165, 1.54) is 6.42 Å². The zero-order valence-electron chi connectivity index (χ0n) is 10.7. The number of fused-ring (bicyclic) bond motifs is 1. The van der Waals surface area contributed by atoms with Gasteiger partial charge in [-0.1, -0.05) is 12.2 Å². The zero-order valence-corrected chi connectivity index (χ0v) is 10.7. The predicted molar refractivity (Wildman–Crippen MR) is 70.3 cm³/mol. The van der Waals surface area contributed by atoms with Gasteiger partial charge in [-0.05, 0) is 32.2 Å². The van der Waals surface area contributed by atoms with Crippen LogP contribution in [-0.2, 0) is 4.79 Å². The van der Waals surface area contributed by atoms with E-state index < -0.39 is 11.5 Å². The Labute approximate surface area is 108 Å². The van der Waals surface area contributed by atoms with E-state index >= 15 is 0 Å². The van der Waals surface area contributed by atoms with E-state index in [-0.39, 0.29) is 5.92 Å². The molecule has 0 radical (unpaired) electrons. The molecule has 0 spiro atoms. The van der Waals surface area contributed by atoms with Crippen LogP contribution in [0, 0.1) is 5.92 Å². The molecule has 1 fully saturated rings. The molecule has 0 aromatic carbocycles. The second-order valence-electron chi connectivity index (χ2n) is 5.11. The van der Waals surface area contributed by atoms with Crippen LogP contribution in [0.4, 0.5) is 0 Å². The molecule has 2 atom stereocenters. The van der Waals surface area contributed by atoms with Gasteiger partial charge in [-0.3, -0.25) is 4.79 Å². The molecule has 1 saturated carbocycles. The van der Waals surface area contributed by atoms with Crippen LogP contribution in [0.2, 0.25) is 0 Å². The highest BCUT2D eigenvalue weighted by molar-refractivity contribution is 5.84. The monoisotopic (exact) mass is 253 g/mol. The van der Waals surface area contributed by atoms with Crippen molar-refractivity contribution in [1.29, 1.82) is 0 Å². The summed E-state index contributed by atoms with van der Waals surface area (Å²) in [7, 11) is 0. The number of hydrogen-bond acceptors (Lipinski definition) is 4. The summed E-state index contributed by atoms with van der Waals surface area (Å²) in [6, 6.07) is 0. The zero-order chi connectivity index (χ0) is 12.8. The first-order valence-corrected chi connectivity index (χ1v) is 6.82. The van der Waals surface area contributed by atoms with Crippen LogP contribution in [0.1, 0.15) is 25.7 Å². The highest BCUT2D eigenvalue weighted by Gasteiger charge is 2.58. The van der Waals surface area contributed by atoms with Crippen molar-refractivity contribution < 1.29 is 9.90 Å². The lowest BCUT2D eigenvalue weighted by molar-refractivity contribution is -0.141. The first-order chi connectivity index (χ1) is 8.76. The Morgan fingerprint density at radius 3 is 2.89 bits per heavy atom. The first kappa shape index (κ1) is 13.5. The van der Waals surface area contributed by atoms with Crippen LogP contribution in [0.25, 0.3) is 0 Å². The molecular weight excluding hydrogens is 230 g/mol. The maximum absolute atomic E-state index is 11.3. The molecule has 1 heterocycles. The van der Waals surface area contributed by atoms with Crippen LogP contribution < -0.4 is 16.0 Å². The molecule has 5 heteroatoms. The molecule has 0 amide bonds. The van der Waals surface area contributed by atoms with E-state index in [2.05, 4.69) is 28.1 Å². The second kappa shape index (κ2) is 6.31. The highest BCUT2D eigenvalue weighted by Crippen LogP contribution is 2.44. The molecule has 2 rings (SSSR count). The smallest absolute Gasteiger partial charge is 0.324 e. The van der Waals surface area contributed by atoms with Crippen LogP contribution in [-0.4, -0.2) is 42.9 Å². The normalized spacial score (nSPS) is 34.3. The summed E-state index contributed by atoms with van der Waals surface area (Å²) >= 11 is 0. The lowest BCUT2D eigenvalue weighted by atomic mass is 10.1. The van der Waals surface area contributed by atoms with Crippen LogP contribution >= 0.6 is 0 Å².